The quantitative estimate of drug-likeness (QED) is 0.836. The number of hydrogen-bond donors (Lipinski definition) is 1. The lowest BCUT2D eigenvalue weighted by atomic mass is 10.0. The van der Waals surface area contributed by atoms with Crippen molar-refractivity contribution in [1.29, 1.82) is 5.26 Å². The van der Waals surface area contributed by atoms with Crippen molar-refractivity contribution in [2.75, 3.05) is 18.0 Å². The maximum Gasteiger partial charge on any atom is 0.124 e. The highest BCUT2D eigenvalue weighted by atomic mass is 35.5. The Morgan fingerprint density at radius 2 is 2.00 bits per heavy atom. The molecule has 17 heavy (non-hydrogen) atoms. The van der Waals surface area contributed by atoms with Gasteiger partial charge in [0.15, 0.2) is 0 Å². The molecule has 1 aliphatic rings. The minimum atomic E-state index is -0.367. The number of anilines is 1. The number of hydrogen-bond acceptors (Lipinski definition) is 3. The Kier molecular flexibility index (Phi) is 4.73. The maximum absolute atomic E-state index is 13.0. The van der Waals surface area contributed by atoms with Crippen LogP contribution in [0, 0.1) is 17.1 Å². The van der Waals surface area contributed by atoms with E-state index in [0.29, 0.717) is 5.56 Å². The highest BCUT2D eigenvalue weighted by Gasteiger charge is 2.18. The molecule has 0 aromatic heterocycles. The third-order valence-electron chi connectivity index (χ3n) is 2.96. The molecule has 0 aliphatic carbocycles. The number of nitrogens with zero attached hydrogens (tertiary/aromatic N) is 2. The standard InChI is InChI=1S/C12H14FN3.ClH/c13-10-1-2-12(9(7-10)8-14)16-5-3-11(15)4-6-16;/h1-2,7,11H,3-6,15H2;1H. The van der Waals surface area contributed by atoms with Gasteiger partial charge in [0.2, 0.25) is 0 Å². The first kappa shape index (κ1) is 13.8. The van der Waals surface area contributed by atoms with Crippen LogP contribution in [0.1, 0.15) is 18.4 Å². The lowest BCUT2D eigenvalue weighted by molar-refractivity contribution is 0.501. The van der Waals surface area contributed by atoms with Crippen molar-refractivity contribution in [2.24, 2.45) is 5.73 Å². The summed E-state index contributed by atoms with van der Waals surface area (Å²) in [6.45, 7) is 1.67. The van der Waals surface area contributed by atoms with Crippen molar-refractivity contribution in [3.8, 4) is 6.07 Å². The molecule has 2 rings (SSSR count). The first-order valence-electron chi connectivity index (χ1n) is 5.41. The van der Waals surface area contributed by atoms with Gasteiger partial charge in [-0.05, 0) is 31.0 Å². The molecule has 1 aliphatic heterocycles. The fourth-order valence-electron chi connectivity index (χ4n) is 2.01. The van der Waals surface area contributed by atoms with Gasteiger partial charge in [0, 0.05) is 19.1 Å². The van der Waals surface area contributed by atoms with Crippen LogP contribution in [0.4, 0.5) is 10.1 Å². The van der Waals surface area contributed by atoms with Gasteiger partial charge in [-0.2, -0.15) is 5.26 Å². The van der Waals surface area contributed by atoms with Crippen molar-refractivity contribution in [3.05, 3.63) is 29.6 Å². The van der Waals surface area contributed by atoms with Gasteiger partial charge >= 0.3 is 0 Å². The van der Waals surface area contributed by atoms with Crippen molar-refractivity contribution in [1.82, 2.24) is 0 Å². The molecule has 2 N–H and O–H groups in total. The van der Waals surface area contributed by atoms with Gasteiger partial charge in [-0.15, -0.1) is 12.4 Å². The lowest BCUT2D eigenvalue weighted by Crippen LogP contribution is -2.40. The molecule has 1 saturated heterocycles. The smallest absolute Gasteiger partial charge is 0.124 e. The van der Waals surface area contributed by atoms with Gasteiger partial charge in [0.1, 0.15) is 11.9 Å². The summed E-state index contributed by atoms with van der Waals surface area (Å²) in [5.74, 6) is -0.367. The third kappa shape index (κ3) is 3.09. The van der Waals surface area contributed by atoms with Crippen molar-refractivity contribution < 1.29 is 4.39 Å². The van der Waals surface area contributed by atoms with Crippen LogP contribution in [-0.2, 0) is 0 Å². The fraction of sp³-hybridized carbons (Fsp3) is 0.417. The van der Waals surface area contributed by atoms with Crippen LogP contribution < -0.4 is 10.6 Å². The fourth-order valence-corrected chi connectivity index (χ4v) is 2.01. The molecular weight excluding hydrogens is 241 g/mol. The number of halogens is 2. The second-order valence-electron chi connectivity index (χ2n) is 4.10. The second-order valence-corrected chi connectivity index (χ2v) is 4.10. The molecule has 5 heteroatoms. The van der Waals surface area contributed by atoms with Crippen LogP contribution in [0.3, 0.4) is 0 Å². The van der Waals surface area contributed by atoms with Gasteiger partial charge in [0.25, 0.3) is 0 Å². The second kappa shape index (κ2) is 5.85. The third-order valence-corrected chi connectivity index (χ3v) is 2.96. The molecule has 0 atom stereocenters. The zero-order valence-electron chi connectivity index (χ0n) is 9.40. The molecule has 1 aromatic carbocycles. The molecule has 0 unspecified atom stereocenters. The van der Waals surface area contributed by atoms with Crippen LogP contribution >= 0.6 is 12.4 Å². The topological polar surface area (TPSA) is 53.0 Å². The Hall–Kier alpha value is -1.31. The van der Waals surface area contributed by atoms with Gasteiger partial charge in [-0.25, -0.2) is 4.39 Å². The van der Waals surface area contributed by atoms with E-state index in [1.54, 1.807) is 6.07 Å². The highest BCUT2D eigenvalue weighted by molar-refractivity contribution is 5.85. The SMILES string of the molecule is Cl.N#Cc1cc(F)ccc1N1CCC(N)CC1. The Bertz CT molecular complexity index is 422. The van der Waals surface area contributed by atoms with E-state index in [4.69, 9.17) is 11.0 Å². The van der Waals surface area contributed by atoms with Crippen LogP contribution in [0.25, 0.3) is 0 Å². The average molecular weight is 256 g/mol. The number of benzene rings is 1. The molecule has 0 bridgehead atoms. The number of nitriles is 1. The predicted octanol–water partition coefficient (Wildman–Crippen LogP) is 2.05. The zero-order chi connectivity index (χ0) is 11.5. The molecule has 0 saturated carbocycles. The van der Waals surface area contributed by atoms with E-state index in [2.05, 4.69) is 4.90 Å². The molecule has 1 fully saturated rings. The predicted molar refractivity (Wildman–Crippen MR) is 67.8 cm³/mol. The van der Waals surface area contributed by atoms with Gasteiger partial charge in [-0.1, -0.05) is 0 Å². The van der Waals surface area contributed by atoms with Crippen LogP contribution in [-0.4, -0.2) is 19.1 Å². The van der Waals surface area contributed by atoms with Gasteiger partial charge < -0.3 is 10.6 Å². The normalized spacial score (nSPS) is 16.2. The van der Waals surface area contributed by atoms with E-state index in [-0.39, 0.29) is 24.3 Å². The first-order chi connectivity index (χ1) is 7.70. The minimum Gasteiger partial charge on any atom is -0.370 e. The molecule has 0 radical (unpaired) electrons. The summed E-state index contributed by atoms with van der Waals surface area (Å²) >= 11 is 0. The summed E-state index contributed by atoms with van der Waals surface area (Å²) in [7, 11) is 0. The highest BCUT2D eigenvalue weighted by Crippen LogP contribution is 2.24. The van der Waals surface area contributed by atoms with Crippen LogP contribution in [0.15, 0.2) is 18.2 Å². The summed E-state index contributed by atoms with van der Waals surface area (Å²) in [6, 6.07) is 6.63. The number of piperidine rings is 1. The van der Waals surface area contributed by atoms with Gasteiger partial charge in [0.05, 0.1) is 11.3 Å². The summed E-state index contributed by atoms with van der Waals surface area (Å²) in [4.78, 5) is 2.10. The van der Waals surface area contributed by atoms with Crippen molar-refractivity contribution >= 4 is 18.1 Å². The van der Waals surface area contributed by atoms with E-state index in [1.807, 2.05) is 6.07 Å². The Morgan fingerprint density at radius 3 is 2.59 bits per heavy atom. The minimum absolute atomic E-state index is 0. The molecule has 0 spiro atoms. The molecule has 1 aromatic rings. The van der Waals surface area contributed by atoms with E-state index < -0.39 is 0 Å². The molecule has 0 amide bonds. The number of rotatable bonds is 1. The first-order valence-corrected chi connectivity index (χ1v) is 5.41. The van der Waals surface area contributed by atoms with E-state index >= 15 is 0 Å². The van der Waals surface area contributed by atoms with Crippen molar-refractivity contribution in [3.63, 3.8) is 0 Å². The van der Waals surface area contributed by atoms with Crippen molar-refractivity contribution in [2.45, 2.75) is 18.9 Å². The van der Waals surface area contributed by atoms with E-state index in [9.17, 15) is 4.39 Å². The molecule has 3 nitrogen and oxygen atoms in total. The Balaban J connectivity index is 0.00000144. The number of nitrogens with two attached hydrogens (primary N) is 1. The Labute approximate surface area is 106 Å². The van der Waals surface area contributed by atoms with Crippen LogP contribution in [0.5, 0.6) is 0 Å². The summed E-state index contributed by atoms with van der Waals surface area (Å²) in [5.41, 5.74) is 7.03. The molecule has 1 heterocycles. The Morgan fingerprint density at radius 1 is 1.35 bits per heavy atom. The molecular formula is C12H15ClFN3. The summed E-state index contributed by atoms with van der Waals surface area (Å²) in [5, 5.41) is 8.96. The molecule has 92 valence electrons. The van der Waals surface area contributed by atoms with Crippen LogP contribution in [0.2, 0.25) is 0 Å². The zero-order valence-corrected chi connectivity index (χ0v) is 10.2. The summed E-state index contributed by atoms with van der Waals surface area (Å²) in [6.07, 6.45) is 1.84. The van der Waals surface area contributed by atoms with E-state index in [0.717, 1.165) is 31.6 Å². The monoisotopic (exact) mass is 255 g/mol. The largest absolute Gasteiger partial charge is 0.370 e. The lowest BCUT2D eigenvalue weighted by Gasteiger charge is -2.32. The summed E-state index contributed by atoms with van der Waals surface area (Å²) < 4.78 is 13.0. The average Bonchev–Trinajstić information content (AvgIpc) is 2.30. The van der Waals surface area contributed by atoms with E-state index in [1.165, 1.54) is 12.1 Å². The maximum atomic E-state index is 13.0. The van der Waals surface area contributed by atoms with Gasteiger partial charge in [-0.3, -0.25) is 0 Å².